The van der Waals surface area contributed by atoms with Gasteiger partial charge in [0.25, 0.3) is 0 Å². The van der Waals surface area contributed by atoms with Crippen LogP contribution in [0.2, 0.25) is 5.02 Å². The van der Waals surface area contributed by atoms with Crippen molar-refractivity contribution in [2.75, 3.05) is 43.1 Å². The molecule has 144 valence electrons. The Kier molecular flexibility index (Phi) is 6.42. The van der Waals surface area contributed by atoms with E-state index in [1.165, 1.54) is 0 Å². The number of anilines is 2. The van der Waals surface area contributed by atoms with Gasteiger partial charge in [-0.3, -0.25) is 0 Å². The number of hydrogen-bond donors (Lipinski definition) is 1. The lowest BCUT2D eigenvalue weighted by Gasteiger charge is -2.31. The average Bonchev–Trinajstić information content (AvgIpc) is 2.68. The van der Waals surface area contributed by atoms with Crippen LogP contribution in [0.4, 0.5) is 11.4 Å². The van der Waals surface area contributed by atoms with Crippen LogP contribution in [0.15, 0.2) is 36.4 Å². The molecule has 2 aromatic rings. The zero-order valence-corrected chi connectivity index (χ0v) is 15.9. The molecular formula is C20H22ClN2O4-. The number of nitrogens with zero attached hydrogens (tertiary/aromatic N) is 1. The molecule has 1 aliphatic heterocycles. The van der Waals surface area contributed by atoms with Crippen LogP contribution in [0, 0.1) is 0 Å². The third kappa shape index (κ3) is 4.84. The summed E-state index contributed by atoms with van der Waals surface area (Å²) in [6, 6.07) is 10.7. The number of morpholine rings is 1. The fourth-order valence-corrected chi connectivity index (χ4v) is 3.26. The Labute approximate surface area is 163 Å². The summed E-state index contributed by atoms with van der Waals surface area (Å²) in [5, 5.41) is 15.5. The molecule has 0 amide bonds. The maximum Gasteiger partial charge on any atom is 0.124 e. The Bertz CT molecular complexity index is 807. The molecule has 0 unspecified atom stereocenters. The van der Waals surface area contributed by atoms with Crippen molar-refractivity contribution in [3.8, 4) is 5.75 Å². The number of ether oxygens (including phenoxy) is 2. The van der Waals surface area contributed by atoms with Crippen LogP contribution in [0.5, 0.6) is 5.75 Å². The molecule has 0 aliphatic carbocycles. The predicted molar refractivity (Wildman–Crippen MR) is 104 cm³/mol. The Morgan fingerprint density at radius 3 is 2.74 bits per heavy atom. The highest BCUT2D eigenvalue weighted by molar-refractivity contribution is 6.30. The van der Waals surface area contributed by atoms with Gasteiger partial charge in [0.05, 0.1) is 25.8 Å². The molecule has 0 aromatic heterocycles. The Morgan fingerprint density at radius 2 is 2.04 bits per heavy atom. The number of carbonyl (C=O) groups is 1. The summed E-state index contributed by atoms with van der Waals surface area (Å²) >= 11 is 6.09. The van der Waals surface area contributed by atoms with Crippen LogP contribution in [0.25, 0.3) is 0 Å². The zero-order valence-electron chi connectivity index (χ0n) is 15.2. The van der Waals surface area contributed by atoms with Gasteiger partial charge >= 0.3 is 0 Å². The second kappa shape index (κ2) is 8.97. The van der Waals surface area contributed by atoms with Crippen molar-refractivity contribution in [2.24, 2.45) is 0 Å². The summed E-state index contributed by atoms with van der Waals surface area (Å²) in [6.07, 6.45) is 0. The second-order valence-corrected chi connectivity index (χ2v) is 6.59. The summed E-state index contributed by atoms with van der Waals surface area (Å²) in [6.45, 7) is 5.42. The maximum absolute atomic E-state index is 11.6. The standard InChI is InChI=1S/C20H23ClN2O4/c1-2-27-19-6-3-15(21)11-14(19)13-22-16-4-5-18(17(12-16)20(24)25)23-7-9-26-10-8-23/h3-6,11-12,22H,2,7-10,13H2,1H3,(H,24,25)/p-1. The van der Waals surface area contributed by atoms with Crippen molar-refractivity contribution >= 4 is 28.9 Å². The molecule has 7 heteroatoms. The number of benzene rings is 2. The fraction of sp³-hybridized carbons (Fsp3) is 0.350. The van der Waals surface area contributed by atoms with Crippen LogP contribution in [0.1, 0.15) is 22.8 Å². The van der Waals surface area contributed by atoms with Crippen molar-refractivity contribution in [1.29, 1.82) is 0 Å². The lowest BCUT2D eigenvalue weighted by atomic mass is 10.1. The van der Waals surface area contributed by atoms with E-state index in [0.717, 1.165) is 11.3 Å². The summed E-state index contributed by atoms with van der Waals surface area (Å²) in [5.41, 5.74) is 2.41. The molecule has 27 heavy (non-hydrogen) atoms. The molecule has 2 aromatic carbocycles. The highest BCUT2D eigenvalue weighted by Gasteiger charge is 2.16. The van der Waals surface area contributed by atoms with Crippen molar-refractivity contribution < 1.29 is 19.4 Å². The monoisotopic (exact) mass is 389 g/mol. The van der Waals surface area contributed by atoms with E-state index in [2.05, 4.69) is 5.32 Å². The number of aromatic carboxylic acids is 1. The van der Waals surface area contributed by atoms with E-state index in [1.54, 1.807) is 18.2 Å². The number of carboxylic acids is 1. The molecule has 1 saturated heterocycles. The first-order valence-corrected chi connectivity index (χ1v) is 9.29. The van der Waals surface area contributed by atoms with E-state index in [9.17, 15) is 9.90 Å². The van der Waals surface area contributed by atoms with Crippen molar-refractivity contribution in [1.82, 2.24) is 0 Å². The van der Waals surface area contributed by atoms with Crippen LogP contribution in [0.3, 0.4) is 0 Å². The molecule has 1 aliphatic rings. The van der Waals surface area contributed by atoms with E-state index < -0.39 is 5.97 Å². The summed E-state index contributed by atoms with van der Waals surface area (Å²) in [5.74, 6) is -0.447. The minimum atomic E-state index is -1.20. The predicted octanol–water partition coefficient (Wildman–Crippen LogP) is 2.55. The topological polar surface area (TPSA) is 73.9 Å². The van der Waals surface area contributed by atoms with Crippen molar-refractivity contribution in [2.45, 2.75) is 13.5 Å². The lowest BCUT2D eigenvalue weighted by molar-refractivity contribution is -0.254. The third-order valence-corrected chi connectivity index (χ3v) is 4.61. The quantitative estimate of drug-likeness (QED) is 0.784. The van der Waals surface area contributed by atoms with E-state index in [-0.39, 0.29) is 5.56 Å². The van der Waals surface area contributed by atoms with E-state index in [0.29, 0.717) is 55.9 Å². The fourth-order valence-electron chi connectivity index (χ4n) is 3.07. The van der Waals surface area contributed by atoms with Gasteiger partial charge in [-0.1, -0.05) is 11.6 Å². The molecule has 1 N–H and O–H groups in total. The average molecular weight is 390 g/mol. The van der Waals surface area contributed by atoms with Crippen LogP contribution in [-0.2, 0) is 11.3 Å². The molecular weight excluding hydrogens is 368 g/mol. The van der Waals surface area contributed by atoms with E-state index in [4.69, 9.17) is 21.1 Å². The summed E-state index contributed by atoms with van der Waals surface area (Å²) in [4.78, 5) is 13.6. The number of rotatable bonds is 7. The molecule has 1 fully saturated rings. The number of halogens is 1. The molecule has 0 bridgehead atoms. The number of nitrogens with one attached hydrogen (secondary N) is 1. The van der Waals surface area contributed by atoms with Gasteiger partial charge in [-0.25, -0.2) is 0 Å². The molecule has 6 nitrogen and oxygen atoms in total. The Balaban J connectivity index is 1.79. The normalized spacial score (nSPS) is 14.1. The lowest BCUT2D eigenvalue weighted by Crippen LogP contribution is -2.38. The summed E-state index contributed by atoms with van der Waals surface area (Å²) < 4.78 is 11.0. The maximum atomic E-state index is 11.6. The molecule has 0 radical (unpaired) electrons. The van der Waals surface area contributed by atoms with Crippen LogP contribution in [-0.4, -0.2) is 38.9 Å². The van der Waals surface area contributed by atoms with Gasteiger partial charge in [-0.05, 0) is 43.3 Å². The molecule has 0 spiro atoms. The first kappa shape index (κ1) is 19.3. The van der Waals surface area contributed by atoms with E-state index in [1.807, 2.05) is 30.0 Å². The van der Waals surface area contributed by atoms with Gasteiger partial charge in [0, 0.05) is 47.2 Å². The number of hydrogen-bond acceptors (Lipinski definition) is 6. The van der Waals surface area contributed by atoms with Gasteiger partial charge in [-0.2, -0.15) is 0 Å². The van der Waals surface area contributed by atoms with Crippen LogP contribution < -0.4 is 20.1 Å². The number of carboxylic acid groups (broad SMARTS) is 1. The minimum absolute atomic E-state index is 0.165. The molecule has 0 saturated carbocycles. The molecule has 3 rings (SSSR count). The molecule has 1 heterocycles. The summed E-state index contributed by atoms with van der Waals surface area (Å²) in [7, 11) is 0. The van der Waals surface area contributed by atoms with Crippen molar-refractivity contribution in [3.05, 3.63) is 52.5 Å². The van der Waals surface area contributed by atoms with Gasteiger partial charge in [0.2, 0.25) is 0 Å². The smallest absolute Gasteiger partial charge is 0.124 e. The van der Waals surface area contributed by atoms with E-state index >= 15 is 0 Å². The first-order valence-electron chi connectivity index (χ1n) is 8.91. The zero-order chi connectivity index (χ0) is 19.2. The minimum Gasteiger partial charge on any atom is -0.545 e. The highest BCUT2D eigenvalue weighted by atomic mass is 35.5. The highest BCUT2D eigenvalue weighted by Crippen LogP contribution is 2.27. The van der Waals surface area contributed by atoms with Crippen LogP contribution >= 0.6 is 11.6 Å². The molecule has 0 atom stereocenters. The number of carbonyl (C=O) groups excluding carboxylic acids is 1. The first-order chi connectivity index (χ1) is 13.1. The largest absolute Gasteiger partial charge is 0.545 e. The van der Waals surface area contributed by atoms with Gasteiger partial charge in [0.1, 0.15) is 5.75 Å². The Hall–Kier alpha value is -2.44. The van der Waals surface area contributed by atoms with Gasteiger partial charge in [0.15, 0.2) is 0 Å². The van der Waals surface area contributed by atoms with Crippen molar-refractivity contribution in [3.63, 3.8) is 0 Å². The van der Waals surface area contributed by atoms with Gasteiger partial charge in [-0.15, -0.1) is 0 Å². The second-order valence-electron chi connectivity index (χ2n) is 6.16. The Morgan fingerprint density at radius 1 is 1.26 bits per heavy atom. The third-order valence-electron chi connectivity index (χ3n) is 4.37. The SMILES string of the molecule is CCOc1ccc(Cl)cc1CNc1ccc(N2CCOCC2)c(C(=O)[O-])c1. The van der Waals surface area contributed by atoms with Gasteiger partial charge < -0.3 is 29.6 Å².